The molecule has 2 aromatic carbocycles. The summed E-state index contributed by atoms with van der Waals surface area (Å²) in [4.78, 5) is 0. The second-order valence-electron chi connectivity index (χ2n) is 3.77. The number of hydrogen-bond acceptors (Lipinski definition) is 1. The Balaban J connectivity index is 2.16. The third-order valence-corrected chi connectivity index (χ3v) is 2.56. The van der Waals surface area contributed by atoms with Crippen LogP contribution < -0.4 is 4.74 Å². The molecule has 0 heterocycles. The predicted octanol–water partition coefficient (Wildman–Crippen LogP) is 4.02. The summed E-state index contributed by atoms with van der Waals surface area (Å²) in [5.41, 5.74) is 2.13. The van der Waals surface area contributed by atoms with Gasteiger partial charge in [0.15, 0.2) is 0 Å². The SMILES string of the molecule is C#Cc1ccc(Oc2cccc(CC)c2)cc1. The normalized spacial score (nSPS) is 9.65. The molecule has 0 saturated heterocycles. The first-order valence-electron chi connectivity index (χ1n) is 5.65. The molecule has 0 fully saturated rings. The topological polar surface area (TPSA) is 9.23 Å². The molecular weight excluding hydrogens is 208 g/mol. The summed E-state index contributed by atoms with van der Waals surface area (Å²) in [6.45, 7) is 2.13. The van der Waals surface area contributed by atoms with Gasteiger partial charge in [0.05, 0.1) is 0 Å². The zero-order chi connectivity index (χ0) is 12.1. The van der Waals surface area contributed by atoms with E-state index in [1.165, 1.54) is 5.56 Å². The lowest BCUT2D eigenvalue weighted by atomic mass is 10.2. The van der Waals surface area contributed by atoms with E-state index < -0.39 is 0 Å². The van der Waals surface area contributed by atoms with Crippen molar-refractivity contribution in [3.63, 3.8) is 0 Å². The smallest absolute Gasteiger partial charge is 0.127 e. The maximum atomic E-state index is 5.75. The molecule has 0 radical (unpaired) electrons. The van der Waals surface area contributed by atoms with E-state index >= 15 is 0 Å². The van der Waals surface area contributed by atoms with E-state index in [2.05, 4.69) is 25.0 Å². The van der Waals surface area contributed by atoms with Crippen LogP contribution in [0.4, 0.5) is 0 Å². The molecule has 17 heavy (non-hydrogen) atoms. The van der Waals surface area contributed by atoms with Crippen LogP contribution in [-0.4, -0.2) is 0 Å². The lowest BCUT2D eigenvalue weighted by Gasteiger charge is -2.06. The fraction of sp³-hybridized carbons (Fsp3) is 0.125. The van der Waals surface area contributed by atoms with Crippen LogP contribution in [0.25, 0.3) is 0 Å². The third kappa shape index (κ3) is 2.89. The summed E-state index contributed by atoms with van der Waals surface area (Å²) in [5.74, 6) is 4.24. The van der Waals surface area contributed by atoms with E-state index in [9.17, 15) is 0 Å². The first-order chi connectivity index (χ1) is 8.31. The maximum Gasteiger partial charge on any atom is 0.127 e. The highest BCUT2D eigenvalue weighted by atomic mass is 16.5. The molecule has 0 atom stereocenters. The Bertz CT molecular complexity index is 532. The van der Waals surface area contributed by atoms with Crippen LogP contribution in [0.15, 0.2) is 48.5 Å². The van der Waals surface area contributed by atoms with Gasteiger partial charge in [-0.3, -0.25) is 0 Å². The Hall–Kier alpha value is -2.20. The van der Waals surface area contributed by atoms with Crippen LogP contribution in [-0.2, 0) is 6.42 Å². The molecule has 2 rings (SSSR count). The summed E-state index contributed by atoms with van der Waals surface area (Å²) in [5, 5.41) is 0. The van der Waals surface area contributed by atoms with Crippen LogP contribution in [0.2, 0.25) is 0 Å². The second-order valence-corrected chi connectivity index (χ2v) is 3.77. The van der Waals surface area contributed by atoms with Crippen LogP contribution in [0.1, 0.15) is 18.1 Å². The summed E-state index contributed by atoms with van der Waals surface area (Å²) in [6, 6.07) is 15.6. The highest BCUT2D eigenvalue weighted by Crippen LogP contribution is 2.22. The van der Waals surface area contributed by atoms with Crippen molar-refractivity contribution >= 4 is 0 Å². The first-order valence-corrected chi connectivity index (χ1v) is 5.65. The zero-order valence-corrected chi connectivity index (χ0v) is 9.81. The number of aryl methyl sites for hydroxylation is 1. The Morgan fingerprint density at radius 3 is 2.47 bits per heavy atom. The lowest BCUT2D eigenvalue weighted by Crippen LogP contribution is -1.86. The number of rotatable bonds is 3. The lowest BCUT2D eigenvalue weighted by molar-refractivity contribution is 0.482. The van der Waals surface area contributed by atoms with Crippen molar-refractivity contribution in [3.05, 3.63) is 59.7 Å². The molecule has 0 N–H and O–H groups in total. The number of ether oxygens (including phenoxy) is 1. The highest BCUT2D eigenvalue weighted by molar-refractivity contribution is 5.39. The minimum absolute atomic E-state index is 0.803. The van der Waals surface area contributed by atoms with Crippen LogP contribution in [0.5, 0.6) is 11.5 Å². The van der Waals surface area contributed by atoms with E-state index in [0.717, 1.165) is 23.5 Å². The fourth-order valence-corrected chi connectivity index (χ4v) is 1.58. The van der Waals surface area contributed by atoms with Gasteiger partial charge in [0.2, 0.25) is 0 Å². The molecule has 0 spiro atoms. The van der Waals surface area contributed by atoms with Crippen molar-refractivity contribution in [2.75, 3.05) is 0 Å². The minimum Gasteiger partial charge on any atom is -0.457 e. The van der Waals surface area contributed by atoms with E-state index in [1.54, 1.807) is 0 Å². The zero-order valence-electron chi connectivity index (χ0n) is 9.81. The summed E-state index contributed by atoms with van der Waals surface area (Å²) < 4.78 is 5.75. The van der Waals surface area contributed by atoms with Gasteiger partial charge in [-0.25, -0.2) is 0 Å². The van der Waals surface area contributed by atoms with Gasteiger partial charge in [-0.1, -0.05) is 25.0 Å². The van der Waals surface area contributed by atoms with Crippen molar-refractivity contribution in [1.82, 2.24) is 0 Å². The monoisotopic (exact) mass is 222 g/mol. The molecule has 2 aromatic rings. The Labute approximate surface area is 102 Å². The van der Waals surface area contributed by atoms with Gasteiger partial charge in [0.25, 0.3) is 0 Å². The average molecular weight is 222 g/mol. The van der Waals surface area contributed by atoms with Crippen molar-refractivity contribution in [2.45, 2.75) is 13.3 Å². The molecular formula is C16H14O. The van der Waals surface area contributed by atoms with E-state index in [-0.39, 0.29) is 0 Å². The molecule has 1 heteroatoms. The summed E-state index contributed by atoms with van der Waals surface area (Å²) in [6.07, 6.45) is 6.31. The molecule has 0 aliphatic rings. The Morgan fingerprint density at radius 2 is 1.82 bits per heavy atom. The number of benzene rings is 2. The Morgan fingerprint density at radius 1 is 1.06 bits per heavy atom. The van der Waals surface area contributed by atoms with Crippen LogP contribution >= 0.6 is 0 Å². The quantitative estimate of drug-likeness (QED) is 0.713. The molecule has 0 saturated carbocycles. The fourth-order valence-electron chi connectivity index (χ4n) is 1.58. The van der Waals surface area contributed by atoms with Crippen molar-refractivity contribution in [2.24, 2.45) is 0 Å². The Kier molecular flexibility index (Phi) is 3.47. The van der Waals surface area contributed by atoms with Crippen molar-refractivity contribution < 1.29 is 4.74 Å². The highest BCUT2D eigenvalue weighted by Gasteiger charge is 1.98. The van der Waals surface area contributed by atoms with Crippen LogP contribution in [0, 0.1) is 12.3 Å². The summed E-state index contributed by atoms with van der Waals surface area (Å²) in [7, 11) is 0. The van der Waals surface area contributed by atoms with Crippen molar-refractivity contribution in [1.29, 1.82) is 0 Å². The van der Waals surface area contributed by atoms with E-state index in [4.69, 9.17) is 11.2 Å². The summed E-state index contributed by atoms with van der Waals surface area (Å²) >= 11 is 0. The standard InChI is InChI=1S/C16H14O/c1-3-13-8-10-15(11-9-13)17-16-7-5-6-14(4-2)12-16/h1,5-12H,4H2,2H3. The maximum absolute atomic E-state index is 5.75. The molecule has 1 nitrogen and oxygen atoms in total. The predicted molar refractivity (Wildman–Crippen MR) is 70.3 cm³/mol. The first kappa shape index (κ1) is 11.3. The molecule has 0 amide bonds. The molecule has 0 aromatic heterocycles. The van der Waals surface area contributed by atoms with Crippen LogP contribution in [0.3, 0.4) is 0 Å². The molecule has 0 aliphatic carbocycles. The van der Waals surface area contributed by atoms with Gasteiger partial charge >= 0.3 is 0 Å². The molecule has 0 aliphatic heterocycles. The number of terminal acetylenes is 1. The minimum atomic E-state index is 0.803. The van der Waals surface area contributed by atoms with Gasteiger partial charge in [0.1, 0.15) is 11.5 Å². The van der Waals surface area contributed by atoms with E-state index in [1.807, 2.05) is 36.4 Å². The second kappa shape index (κ2) is 5.23. The largest absolute Gasteiger partial charge is 0.457 e. The van der Waals surface area contributed by atoms with Gasteiger partial charge in [0, 0.05) is 5.56 Å². The van der Waals surface area contributed by atoms with E-state index in [0.29, 0.717) is 0 Å². The van der Waals surface area contributed by atoms with Gasteiger partial charge in [-0.2, -0.15) is 0 Å². The molecule has 0 unspecified atom stereocenters. The van der Waals surface area contributed by atoms with Gasteiger partial charge in [-0.15, -0.1) is 6.42 Å². The van der Waals surface area contributed by atoms with Crippen molar-refractivity contribution in [3.8, 4) is 23.8 Å². The molecule has 84 valence electrons. The third-order valence-electron chi connectivity index (χ3n) is 2.56. The number of hydrogen-bond donors (Lipinski definition) is 0. The average Bonchev–Trinajstić information content (AvgIpc) is 2.40. The van der Waals surface area contributed by atoms with Gasteiger partial charge in [-0.05, 0) is 48.4 Å². The van der Waals surface area contributed by atoms with Gasteiger partial charge < -0.3 is 4.74 Å². The molecule has 0 bridgehead atoms.